The van der Waals surface area contributed by atoms with Crippen molar-refractivity contribution in [2.45, 2.75) is 154 Å². The molecule has 9 rings (SSSR count). The van der Waals surface area contributed by atoms with Crippen molar-refractivity contribution < 1.29 is 66.1 Å². The van der Waals surface area contributed by atoms with Crippen molar-refractivity contribution in [3.05, 3.63) is 140 Å². The zero-order valence-corrected chi connectivity index (χ0v) is 43.8. The number of phenols is 1. The minimum atomic E-state index is -1.02. The number of nitrogens with zero attached hydrogens (tertiary/aromatic N) is 4. The number of carbonyl (C=O) groups excluding carboxylic acids is 1. The molecule has 3 saturated carbocycles. The normalized spacial score (nSPS) is 20.7. The number of aromatic hydroxyl groups is 1. The number of benzene rings is 4. The van der Waals surface area contributed by atoms with E-state index < -0.39 is 57.2 Å². The van der Waals surface area contributed by atoms with Crippen molar-refractivity contribution >= 4 is 27.8 Å². The third kappa shape index (κ3) is 16.6. The fourth-order valence-electron chi connectivity index (χ4n) is 9.94. The highest BCUT2D eigenvalue weighted by Crippen LogP contribution is 2.35. The third-order valence-corrected chi connectivity index (χ3v) is 14.5. The number of ether oxygens (including phenoxy) is 2. The van der Waals surface area contributed by atoms with Crippen LogP contribution in [0.4, 0.5) is 26.3 Å². The first-order valence-corrected chi connectivity index (χ1v) is 25.9. The van der Waals surface area contributed by atoms with E-state index in [-0.39, 0.29) is 76.9 Å². The van der Waals surface area contributed by atoms with Crippen molar-refractivity contribution in [1.82, 2.24) is 19.1 Å². The molecule has 3 aliphatic rings. The van der Waals surface area contributed by atoms with Gasteiger partial charge in [0.25, 0.3) is 11.1 Å². The maximum absolute atomic E-state index is 14.1. The quantitative estimate of drug-likeness (QED) is 0.0643. The number of fused-ring (bicyclic) bond motifs is 2. The molecule has 2 heterocycles. The maximum Gasteiger partial charge on any atom is 0.308 e. The Kier molecular flexibility index (Phi) is 20.5. The van der Waals surface area contributed by atoms with Crippen molar-refractivity contribution in [3.8, 4) is 11.5 Å². The van der Waals surface area contributed by atoms with Crippen LogP contribution in [0.3, 0.4) is 0 Å². The minimum Gasteiger partial charge on any atom is -0.508 e. The molecule has 3 fully saturated rings. The Bertz CT molecular complexity index is 3030. The Hall–Kier alpha value is -6.35. The van der Waals surface area contributed by atoms with Gasteiger partial charge in [0.2, 0.25) is 0 Å². The van der Waals surface area contributed by atoms with E-state index in [1.54, 1.807) is 18.2 Å². The summed E-state index contributed by atoms with van der Waals surface area (Å²) in [5, 5.41) is 48.0. The Balaban J connectivity index is 0.000000183. The molecule has 0 saturated heterocycles. The van der Waals surface area contributed by atoms with Gasteiger partial charge in [-0.3, -0.25) is 14.4 Å². The van der Waals surface area contributed by atoms with Gasteiger partial charge in [-0.15, -0.1) is 0 Å². The first kappa shape index (κ1) is 59.9. The fourth-order valence-corrected chi connectivity index (χ4v) is 9.94. The molecule has 0 radical (unpaired) electrons. The van der Waals surface area contributed by atoms with Gasteiger partial charge < -0.3 is 44.1 Å². The third-order valence-electron chi connectivity index (χ3n) is 14.5. The molecule has 0 amide bonds. The topological polar surface area (TPSA) is 206 Å². The zero-order chi connectivity index (χ0) is 56.4. The Morgan fingerprint density at radius 1 is 0.597 bits per heavy atom. The summed E-state index contributed by atoms with van der Waals surface area (Å²) < 4.78 is 95.5. The standard InChI is InChI=1S/C24H25F3N2O3.C15H9F3N2O2.C9H16O3.C9H18O2/c1-24(2,31)14-3-5-16(6-4-14)32-17-7-8-22-18(11-17)23(30)28-13-29(22)12-19-20(26)9-15(25)10-21(19)27;16-8-3-12(17)11(13(18)4-8)6-20-7-19-15(22)10-5-9(21)1-2-14(10)20;1-2-12-9(11)7-3-5-8(10)6-4-7;1-9(2,11)7-3-5-8(10)6-4-7/h7-11,13-14,16,31H,3-6,12H2,1-2H3;1-5,7,21H,6H2;7-8,10H,2-6H2,1H3;7-8,10-11H,3-6H2,1-2H3. The van der Waals surface area contributed by atoms with Crippen LogP contribution in [0, 0.1) is 52.7 Å². The summed E-state index contributed by atoms with van der Waals surface area (Å²) in [6.07, 6.45) is 12.0. The molecule has 4 aromatic carbocycles. The number of aliphatic hydroxyl groups is 4. The smallest absolute Gasteiger partial charge is 0.308 e. The maximum atomic E-state index is 14.1. The molecule has 0 spiro atoms. The van der Waals surface area contributed by atoms with E-state index in [0.29, 0.717) is 53.6 Å². The van der Waals surface area contributed by atoms with Gasteiger partial charge in [-0.2, -0.15) is 9.97 Å². The van der Waals surface area contributed by atoms with Crippen LogP contribution in [0.1, 0.15) is 123 Å². The van der Waals surface area contributed by atoms with E-state index in [1.807, 2.05) is 34.6 Å². The lowest BCUT2D eigenvalue weighted by atomic mass is 9.78. The summed E-state index contributed by atoms with van der Waals surface area (Å²) in [5.74, 6) is -5.12. The lowest BCUT2D eigenvalue weighted by Gasteiger charge is -2.35. The van der Waals surface area contributed by atoms with Crippen molar-refractivity contribution in [1.29, 1.82) is 0 Å². The summed E-state index contributed by atoms with van der Waals surface area (Å²) >= 11 is 0. The van der Waals surface area contributed by atoms with Gasteiger partial charge in [0.05, 0.1) is 89.6 Å². The number of esters is 1. The highest BCUT2D eigenvalue weighted by atomic mass is 19.2. The molecule has 20 heteroatoms. The van der Waals surface area contributed by atoms with Crippen LogP contribution in [-0.2, 0) is 22.6 Å². The average Bonchev–Trinajstić information content (AvgIpc) is 3.37. The summed E-state index contributed by atoms with van der Waals surface area (Å²) in [5.41, 5.74) is -2.20. The Morgan fingerprint density at radius 2 is 1.00 bits per heavy atom. The SMILES string of the molecule is CC(C)(O)C1CCC(O)CC1.CC(C)(O)C1CCC(Oc2ccc3c(c2)c(=O)ncn3Cc2c(F)cc(F)cc2F)CC1.CCOC(=O)C1CCC(O)CC1.O=c1ncn(Cc2c(F)cc(F)cc2F)c2ccc(O)cc12. The van der Waals surface area contributed by atoms with Crippen LogP contribution >= 0.6 is 0 Å². The molecule has 418 valence electrons. The fraction of sp³-hybridized carbons (Fsp3) is 0.491. The molecule has 5 N–H and O–H groups in total. The number of carbonyl (C=O) groups is 1. The summed E-state index contributed by atoms with van der Waals surface area (Å²) in [4.78, 5) is 42.6. The second-order valence-electron chi connectivity index (χ2n) is 21.1. The monoisotopic (exact) mass is 1080 g/mol. The summed E-state index contributed by atoms with van der Waals surface area (Å²) in [7, 11) is 0. The van der Waals surface area contributed by atoms with E-state index in [9.17, 15) is 66.3 Å². The summed E-state index contributed by atoms with van der Waals surface area (Å²) in [6.45, 7) is 9.11. The van der Waals surface area contributed by atoms with E-state index in [0.717, 1.165) is 83.4 Å². The molecular formula is C57H68F6N4O10. The minimum absolute atomic E-state index is 0.0210. The zero-order valence-electron chi connectivity index (χ0n) is 43.8. The van der Waals surface area contributed by atoms with Gasteiger partial charge in [0.15, 0.2) is 0 Å². The van der Waals surface area contributed by atoms with Gasteiger partial charge in [-0.25, -0.2) is 26.3 Å². The van der Waals surface area contributed by atoms with Crippen LogP contribution in [0.25, 0.3) is 21.8 Å². The summed E-state index contributed by atoms with van der Waals surface area (Å²) in [6, 6.07) is 11.4. The van der Waals surface area contributed by atoms with Crippen LogP contribution < -0.4 is 15.9 Å². The van der Waals surface area contributed by atoms with E-state index in [2.05, 4.69) is 9.97 Å². The molecule has 0 bridgehead atoms. The molecule has 0 aliphatic heterocycles. The van der Waals surface area contributed by atoms with Crippen molar-refractivity contribution in [2.75, 3.05) is 6.61 Å². The number of aromatic nitrogens is 4. The second kappa shape index (κ2) is 26.3. The molecule has 6 aromatic rings. The lowest BCUT2D eigenvalue weighted by Crippen LogP contribution is -2.36. The number of rotatable bonds is 10. The number of hydrogen-bond donors (Lipinski definition) is 5. The van der Waals surface area contributed by atoms with E-state index in [1.165, 1.54) is 33.7 Å². The predicted octanol–water partition coefficient (Wildman–Crippen LogP) is 9.55. The lowest BCUT2D eigenvalue weighted by molar-refractivity contribution is -0.149. The number of halogens is 6. The van der Waals surface area contributed by atoms with Gasteiger partial charge >= 0.3 is 5.97 Å². The van der Waals surface area contributed by atoms with Gasteiger partial charge in [-0.1, -0.05) is 0 Å². The largest absolute Gasteiger partial charge is 0.508 e. The second-order valence-corrected chi connectivity index (χ2v) is 21.1. The van der Waals surface area contributed by atoms with Crippen LogP contribution in [0.15, 0.2) is 82.9 Å². The van der Waals surface area contributed by atoms with Crippen LogP contribution in [-0.4, -0.2) is 86.7 Å². The van der Waals surface area contributed by atoms with Gasteiger partial charge in [0.1, 0.15) is 46.4 Å². The molecule has 14 nitrogen and oxygen atoms in total. The van der Waals surface area contributed by atoms with Crippen LogP contribution in [0.5, 0.6) is 11.5 Å². The Morgan fingerprint density at radius 3 is 1.43 bits per heavy atom. The van der Waals surface area contributed by atoms with Crippen molar-refractivity contribution in [2.24, 2.45) is 17.8 Å². The molecule has 77 heavy (non-hydrogen) atoms. The van der Waals surface area contributed by atoms with E-state index in [4.69, 9.17) is 9.47 Å². The van der Waals surface area contributed by atoms with Crippen LogP contribution in [0.2, 0.25) is 0 Å². The first-order chi connectivity index (χ1) is 36.3. The average molecular weight is 1080 g/mol. The van der Waals surface area contributed by atoms with Gasteiger partial charge in [0, 0.05) is 35.4 Å². The molecule has 0 atom stereocenters. The number of aliphatic hydroxyl groups excluding tert-OH is 2. The van der Waals surface area contributed by atoms with Gasteiger partial charge in [-0.05, 0) is 160 Å². The van der Waals surface area contributed by atoms with E-state index >= 15 is 0 Å². The molecule has 0 unspecified atom stereocenters. The van der Waals surface area contributed by atoms with Crippen molar-refractivity contribution in [3.63, 3.8) is 0 Å². The molecule has 3 aliphatic carbocycles. The number of phenolic OH excluding ortho intramolecular Hbond substituents is 1. The highest BCUT2D eigenvalue weighted by molar-refractivity contribution is 5.80. The Labute approximate surface area is 442 Å². The number of hydrogen-bond acceptors (Lipinski definition) is 12. The predicted molar refractivity (Wildman–Crippen MR) is 276 cm³/mol. The molecule has 2 aromatic heterocycles. The molecular weight excluding hydrogens is 1010 g/mol. The highest BCUT2D eigenvalue weighted by Gasteiger charge is 2.33. The first-order valence-electron chi connectivity index (χ1n) is 25.9.